The first-order valence-electron chi connectivity index (χ1n) is 7.12. The van der Waals surface area contributed by atoms with Crippen LogP contribution in [0.4, 0.5) is 5.13 Å². The van der Waals surface area contributed by atoms with Gasteiger partial charge in [0.2, 0.25) is 11.0 Å². The lowest BCUT2D eigenvalue weighted by molar-refractivity contribution is -0.115. The summed E-state index contributed by atoms with van der Waals surface area (Å²) in [5.41, 5.74) is 5.80. The zero-order chi connectivity index (χ0) is 17.1. The van der Waals surface area contributed by atoms with Gasteiger partial charge in [-0.05, 0) is 18.5 Å². The van der Waals surface area contributed by atoms with Crippen LogP contribution in [0.1, 0.15) is 15.4 Å². The van der Waals surface area contributed by atoms with Crippen molar-refractivity contribution < 1.29 is 9.59 Å². The number of rotatable bonds is 5. The zero-order valence-electron chi connectivity index (χ0n) is 12.8. The molecule has 0 aromatic carbocycles. The van der Waals surface area contributed by atoms with Gasteiger partial charge in [0.15, 0.2) is 4.34 Å². The normalized spacial score (nSPS) is 14.9. The average molecular weight is 386 g/mol. The fraction of sp³-hybridized carbons (Fsp3) is 0.500. The molecule has 0 atom stereocenters. The predicted octanol–water partition coefficient (Wildman–Crippen LogP) is 0.238. The molecule has 0 unspecified atom stereocenters. The molecule has 1 aliphatic rings. The Hall–Kier alpha value is -1.79. The van der Waals surface area contributed by atoms with Crippen LogP contribution in [0.25, 0.3) is 0 Å². The number of hydrogen-bond donors (Lipinski definition) is 1. The lowest BCUT2D eigenvalue weighted by atomic mass is 10.3. The van der Waals surface area contributed by atoms with E-state index >= 15 is 0 Å². The molecule has 12 heteroatoms. The van der Waals surface area contributed by atoms with Crippen LogP contribution in [0.2, 0.25) is 0 Å². The summed E-state index contributed by atoms with van der Waals surface area (Å²) in [4.78, 5) is 27.7. The molecule has 0 radical (unpaired) electrons. The molecule has 0 aliphatic carbocycles. The van der Waals surface area contributed by atoms with E-state index in [9.17, 15) is 9.59 Å². The van der Waals surface area contributed by atoms with E-state index in [-0.39, 0.29) is 17.6 Å². The molecule has 2 N–H and O–H groups in total. The van der Waals surface area contributed by atoms with Gasteiger partial charge in [-0.3, -0.25) is 9.59 Å². The van der Waals surface area contributed by atoms with E-state index in [1.165, 1.54) is 23.1 Å². The molecule has 1 saturated heterocycles. The highest BCUT2D eigenvalue weighted by Gasteiger charge is 2.26. The summed E-state index contributed by atoms with van der Waals surface area (Å²) >= 11 is 3.85. The lowest BCUT2D eigenvalue weighted by Crippen LogP contribution is -2.48. The third kappa shape index (κ3) is 3.82. The van der Waals surface area contributed by atoms with Crippen LogP contribution in [0.5, 0.6) is 0 Å². The molecule has 2 aromatic rings. The molecule has 2 amide bonds. The Bertz CT molecular complexity index is 739. The van der Waals surface area contributed by atoms with Gasteiger partial charge < -0.3 is 15.5 Å². The van der Waals surface area contributed by atoms with Gasteiger partial charge in [0, 0.05) is 26.2 Å². The fourth-order valence-corrected chi connectivity index (χ4v) is 4.45. The highest BCUT2D eigenvalue weighted by Crippen LogP contribution is 2.28. The Balaban J connectivity index is 1.56. The maximum Gasteiger partial charge on any atom is 0.267 e. The summed E-state index contributed by atoms with van der Waals surface area (Å²) in [5, 5.41) is 12.9. The standard InChI is InChI=1S/C12H15N7O2S3/c1-7-9(24-17-14-7)10(21)18-2-4-19(5-3-18)11-15-16-12(23-11)22-6-8(13)20/h2-6H2,1H3,(H2,13,20). The second kappa shape index (κ2) is 7.40. The SMILES string of the molecule is Cc1nnsc1C(=O)N1CCN(c2nnc(SCC(N)=O)s2)CC1. The van der Waals surface area contributed by atoms with Crippen LogP contribution in [0.15, 0.2) is 4.34 Å². The smallest absolute Gasteiger partial charge is 0.267 e. The number of thioether (sulfide) groups is 1. The van der Waals surface area contributed by atoms with E-state index < -0.39 is 0 Å². The molecular weight excluding hydrogens is 370 g/mol. The largest absolute Gasteiger partial charge is 0.369 e. The number of amides is 2. The third-order valence-corrected chi connectivity index (χ3v) is 6.37. The molecule has 3 rings (SSSR count). The van der Waals surface area contributed by atoms with E-state index in [4.69, 9.17) is 5.73 Å². The Kier molecular flexibility index (Phi) is 5.26. The van der Waals surface area contributed by atoms with Crippen LogP contribution in [-0.2, 0) is 4.79 Å². The van der Waals surface area contributed by atoms with Gasteiger partial charge >= 0.3 is 0 Å². The van der Waals surface area contributed by atoms with E-state index in [1.807, 2.05) is 4.90 Å². The highest BCUT2D eigenvalue weighted by atomic mass is 32.2. The van der Waals surface area contributed by atoms with Crippen molar-refractivity contribution in [2.45, 2.75) is 11.3 Å². The van der Waals surface area contributed by atoms with Gasteiger partial charge in [0.1, 0.15) is 4.88 Å². The quantitative estimate of drug-likeness (QED) is 0.727. The lowest BCUT2D eigenvalue weighted by Gasteiger charge is -2.34. The summed E-state index contributed by atoms with van der Waals surface area (Å²) in [6.45, 7) is 4.39. The monoisotopic (exact) mass is 385 g/mol. The molecular formula is C12H15N7O2S3. The maximum absolute atomic E-state index is 12.4. The van der Waals surface area contributed by atoms with Crippen LogP contribution in [-0.4, -0.2) is 68.4 Å². The molecule has 0 spiro atoms. The van der Waals surface area contributed by atoms with Gasteiger partial charge in [-0.2, -0.15) is 0 Å². The first-order chi connectivity index (χ1) is 11.5. The summed E-state index contributed by atoms with van der Waals surface area (Å²) in [5.74, 6) is -0.201. The number of carbonyl (C=O) groups excluding carboxylic acids is 2. The third-order valence-electron chi connectivity index (χ3n) is 3.42. The second-order valence-electron chi connectivity index (χ2n) is 5.07. The van der Waals surface area contributed by atoms with Crippen molar-refractivity contribution in [1.29, 1.82) is 0 Å². The van der Waals surface area contributed by atoms with Crippen molar-refractivity contribution in [2.75, 3.05) is 36.8 Å². The topological polar surface area (TPSA) is 118 Å². The number of nitrogens with zero attached hydrogens (tertiary/aromatic N) is 6. The second-order valence-corrected chi connectivity index (χ2v) is 8.00. The van der Waals surface area contributed by atoms with Crippen LogP contribution in [0, 0.1) is 6.92 Å². The highest BCUT2D eigenvalue weighted by molar-refractivity contribution is 8.01. The Morgan fingerprint density at radius 2 is 1.96 bits per heavy atom. The Labute approximate surface area is 150 Å². The number of carbonyl (C=O) groups is 2. The van der Waals surface area contributed by atoms with E-state index in [0.29, 0.717) is 41.1 Å². The molecule has 9 nitrogen and oxygen atoms in total. The first-order valence-corrected chi connectivity index (χ1v) is 9.70. The van der Waals surface area contributed by atoms with Crippen LogP contribution >= 0.6 is 34.6 Å². The minimum absolute atomic E-state index is 0.0166. The van der Waals surface area contributed by atoms with Gasteiger partial charge in [-0.25, -0.2) is 0 Å². The number of piperazine rings is 1. The number of aromatic nitrogens is 4. The van der Waals surface area contributed by atoms with E-state index in [1.54, 1.807) is 6.92 Å². The zero-order valence-corrected chi connectivity index (χ0v) is 15.3. The van der Waals surface area contributed by atoms with Gasteiger partial charge in [-0.1, -0.05) is 27.6 Å². The number of primary amides is 1. The van der Waals surface area contributed by atoms with E-state index in [0.717, 1.165) is 16.7 Å². The summed E-state index contributed by atoms with van der Waals surface area (Å²) in [6, 6.07) is 0. The number of nitrogens with two attached hydrogens (primary N) is 1. The van der Waals surface area contributed by atoms with Crippen molar-refractivity contribution in [3.8, 4) is 0 Å². The molecule has 1 aliphatic heterocycles. The van der Waals surface area contributed by atoms with Crippen LogP contribution < -0.4 is 10.6 Å². The Morgan fingerprint density at radius 3 is 2.58 bits per heavy atom. The number of aryl methyl sites for hydroxylation is 1. The van der Waals surface area contributed by atoms with Crippen molar-refractivity contribution in [1.82, 2.24) is 24.7 Å². The average Bonchev–Trinajstić information content (AvgIpc) is 3.21. The molecule has 0 bridgehead atoms. The molecule has 0 saturated carbocycles. The minimum atomic E-state index is -0.378. The summed E-state index contributed by atoms with van der Waals surface area (Å²) < 4.78 is 4.53. The fourth-order valence-electron chi connectivity index (χ4n) is 2.19. The predicted molar refractivity (Wildman–Crippen MR) is 92.6 cm³/mol. The molecule has 24 heavy (non-hydrogen) atoms. The van der Waals surface area contributed by atoms with Gasteiger partial charge in [-0.15, -0.1) is 15.3 Å². The summed E-state index contributed by atoms with van der Waals surface area (Å²) in [7, 11) is 0. The first kappa shape index (κ1) is 17.0. The van der Waals surface area contributed by atoms with Gasteiger partial charge in [0.05, 0.1) is 11.4 Å². The Morgan fingerprint density at radius 1 is 1.21 bits per heavy atom. The molecule has 1 fully saturated rings. The minimum Gasteiger partial charge on any atom is -0.369 e. The van der Waals surface area contributed by atoms with Gasteiger partial charge in [0.25, 0.3) is 5.91 Å². The van der Waals surface area contributed by atoms with Crippen molar-refractivity contribution >= 4 is 51.6 Å². The number of anilines is 1. The molecule has 3 heterocycles. The molecule has 128 valence electrons. The van der Waals surface area contributed by atoms with Crippen LogP contribution in [0.3, 0.4) is 0 Å². The van der Waals surface area contributed by atoms with Crippen molar-refractivity contribution in [3.63, 3.8) is 0 Å². The molecule has 2 aromatic heterocycles. The number of hydrogen-bond acceptors (Lipinski definition) is 10. The maximum atomic E-state index is 12.4. The van der Waals surface area contributed by atoms with E-state index in [2.05, 4.69) is 24.7 Å². The van der Waals surface area contributed by atoms with Crippen molar-refractivity contribution in [2.24, 2.45) is 5.73 Å². The summed E-state index contributed by atoms with van der Waals surface area (Å²) in [6.07, 6.45) is 0. The van der Waals surface area contributed by atoms with Crippen molar-refractivity contribution in [3.05, 3.63) is 10.6 Å².